The number of hydrogen-bond acceptors (Lipinski definition) is 2. The number of nitrogens with one attached hydrogen (secondary N) is 1. The molecule has 2 rings (SSSR count). The summed E-state index contributed by atoms with van der Waals surface area (Å²) in [7, 11) is 1.71. The number of benzene rings is 1. The van der Waals surface area contributed by atoms with Crippen LogP contribution in [0, 0.1) is 5.82 Å². The summed E-state index contributed by atoms with van der Waals surface area (Å²) in [6.07, 6.45) is 1.06. The van der Waals surface area contributed by atoms with E-state index in [-0.39, 0.29) is 17.9 Å². The Morgan fingerprint density at radius 2 is 2.28 bits per heavy atom. The predicted octanol–water partition coefficient (Wildman–Crippen LogP) is 1.18. The van der Waals surface area contributed by atoms with Gasteiger partial charge >= 0.3 is 0 Å². The molecule has 0 spiro atoms. The van der Waals surface area contributed by atoms with E-state index in [4.69, 9.17) is 0 Å². The SMILES string of the molecule is CN1CC(NC(=O)c2cccc(F)c2)CCC1=O. The van der Waals surface area contributed by atoms with Gasteiger partial charge in [0.25, 0.3) is 5.91 Å². The number of hydrogen-bond donors (Lipinski definition) is 1. The Balaban J connectivity index is 1.98. The number of likely N-dealkylation sites (N-methyl/N-ethyl adjacent to an activating group) is 1. The maximum Gasteiger partial charge on any atom is 0.251 e. The number of carbonyl (C=O) groups is 2. The zero-order valence-corrected chi connectivity index (χ0v) is 10.1. The molecule has 1 aromatic rings. The number of rotatable bonds is 2. The zero-order chi connectivity index (χ0) is 13.1. The highest BCUT2D eigenvalue weighted by Gasteiger charge is 2.24. The van der Waals surface area contributed by atoms with Crippen molar-refractivity contribution in [3.8, 4) is 0 Å². The van der Waals surface area contributed by atoms with E-state index >= 15 is 0 Å². The summed E-state index contributed by atoms with van der Waals surface area (Å²) >= 11 is 0. The van der Waals surface area contributed by atoms with Crippen molar-refractivity contribution >= 4 is 11.8 Å². The van der Waals surface area contributed by atoms with Crippen molar-refractivity contribution in [3.05, 3.63) is 35.6 Å². The van der Waals surface area contributed by atoms with Gasteiger partial charge in [-0.3, -0.25) is 9.59 Å². The van der Waals surface area contributed by atoms with Crippen molar-refractivity contribution < 1.29 is 14.0 Å². The molecule has 1 heterocycles. The van der Waals surface area contributed by atoms with Gasteiger partial charge in [0.1, 0.15) is 5.82 Å². The summed E-state index contributed by atoms with van der Waals surface area (Å²) in [5.41, 5.74) is 0.301. The summed E-state index contributed by atoms with van der Waals surface area (Å²) in [6, 6.07) is 5.50. The van der Waals surface area contributed by atoms with Gasteiger partial charge in [-0.05, 0) is 24.6 Å². The maximum absolute atomic E-state index is 13.0. The second-order valence-electron chi connectivity index (χ2n) is 4.49. The van der Waals surface area contributed by atoms with Gasteiger partial charge in [-0.2, -0.15) is 0 Å². The average Bonchev–Trinajstić information content (AvgIpc) is 2.34. The van der Waals surface area contributed by atoms with Gasteiger partial charge in [0.05, 0.1) is 0 Å². The van der Waals surface area contributed by atoms with Crippen molar-refractivity contribution in [2.45, 2.75) is 18.9 Å². The quantitative estimate of drug-likeness (QED) is 0.856. The summed E-state index contributed by atoms with van der Waals surface area (Å²) in [5, 5.41) is 2.81. The highest BCUT2D eigenvalue weighted by Crippen LogP contribution is 2.11. The van der Waals surface area contributed by atoms with Crippen LogP contribution in [0.3, 0.4) is 0 Å². The summed E-state index contributed by atoms with van der Waals surface area (Å²) < 4.78 is 13.0. The zero-order valence-electron chi connectivity index (χ0n) is 10.1. The highest BCUT2D eigenvalue weighted by molar-refractivity contribution is 5.94. The van der Waals surface area contributed by atoms with Crippen molar-refractivity contribution in [2.75, 3.05) is 13.6 Å². The summed E-state index contributed by atoms with van der Waals surface area (Å²) in [5.74, 6) is -0.646. The van der Waals surface area contributed by atoms with E-state index in [9.17, 15) is 14.0 Å². The third-order valence-electron chi connectivity index (χ3n) is 3.05. The van der Waals surface area contributed by atoms with Crippen LogP contribution in [0.25, 0.3) is 0 Å². The molecule has 1 N–H and O–H groups in total. The Labute approximate surface area is 105 Å². The molecule has 0 radical (unpaired) electrons. The maximum atomic E-state index is 13.0. The van der Waals surface area contributed by atoms with Gasteiger partial charge < -0.3 is 10.2 Å². The number of halogens is 1. The Hall–Kier alpha value is -1.91. The average molecular weight is 250 g/mol. The van der Waals surface area contributed by atoms with E-state index in [1.807, 2.05) is 0 Å². The molecule has 1 saturated heterocycles. The largest absolute Gasteiger partial charge is 0.348 e. The predicted molar refractivity (Wildman–Crippen MR) is 64.5 cm³/mol. The fourth-order valence-corrected chi connectivity index (χ4v) is 2.03. The van der Waals surface area contributed by atoms with E-state index in [2.05, 4.69) is 5.32 Å². The third kappa shape index (κ3) is 2.85. The molecule has 0 aromatic heterocycles. The molecule has 1 aliphatic heterocycles. The summed E-state index contributed by atoms with van der Waals surface area (Å²) in [6.45, 7) is 0.500. The minimum atomic E-state index is -0.432. The first-order valence-corrected chi connectivity index (χ1v) is 5.86. The smallest absolute Gasteiger partial charge is 0.251 e. The lowest BCUT2D eigenvalue weighted by molar-refractivity contribution is -0.132. The lowest BCUT2D eigenvalue weighted by Crippen LogP contribution is -2.48. The van der Waals surface area contributed by atoms with Crippen LogP contribution in [-0.2, 0) is 4.79 Å². The number of piperidine rings is 1. The molecule has 0 bridgehead atoms. The first kappa shape index (κ1) is 12.5. The van der Waals surface area contributed by atoms with Crippen LogP contribution in [0.1, 0.15) is 23.2 Å². The summed E-state index contributed by atoms with van der Waals surface area (Å²) in [4.78, 5) is 24.8. The molecule has 5 heteroatoms. The van der Waals surface area contributed by atoms with Crippen LogP contribution < -0.4 is 5.32 Å². The standard InChI is InChI=1S/C13H15FN2O2/c1-16-8-11(5-6-12(16)17)15-13(18)9-3-2-4-10(14)7-9/h2-4,7,11H,5-6,8H2,1H3,(H,15,18). The van der Waals surface area contributed by atoms with Crippen molar-refractivity contribution in [1.29, 1.82) is 0 Å². The molecule has 4 nitrogen and oxygen atoms in total. The molecule has 18 heavy (non-hydrogen) atoms. The molecule has 0 aliphatic carbocycles. The Kier molecular flexibility index (Phi) is 3.60. The highest BCUT2D eigenvalue weighted by atomic mass is 19.1. The van der Waals surface area contributed by atoms with Crippen LogP contribution in [-0.4, -0.2) is 36.3 Å². The monoisotopic (exact) mass is 250 g/mol. The van der Waals surface area contributed by atoms with E-state index < -0.39 is 5.82 Å². The molecule has 0 saturated carbocycles. The van der Waals surface area contributed by atoms with Crippen LogP contribution in [0.5, 0.6) is 0 Å². The fourth-order valence-electron chi connectivity index (χ4n) is 2.03. The number of carbonyl (C=O) groups excluding carboxylic acids is 2. The Morgan fingerprint density at radius 3 is 2.94 bits per heavy atom. The lowest BCUT2D eigenvalue weighted by Gasteiger charge is -2.30. The third-order valence-corrected chi connectivity index (χ3v) is 3.05. The Bertz CT molecular complexity index is 476. The van der Waals surface area contributed by atoms with Crippen molar-refractivity contribution in [3.63, 3.8) is 0 Å². The number of nitrogens with zero attached hydrogens (tertiary/aromatic N) is 1. The molecule has 2 amide bonds. The molecule has 96 valence electrons. The molecule has 1 atom stereocenters. The second kappa shape index (κ2) is 5.16. The van der Waals surface area contributed by atoms with E-state index in [0.717, 1.165) is 0 Å². The molecule has 1 aliphatic rings. The minimum Gasteiger partial charge on any atom is -0.348 e. The molecular formula is C13H15FN2O2. The van der Waals surface area contributed by atoms with Crippen LogP contribution in [0.4, 0.5) is 4.39 Å². The molecule has 1 unspecified atom stereocenters. The van der Waals surface area contributed by atoms with Gasteiger partial charge in [-0.1, -0.05) is 6.07 Å². The van der Waals surface area contributed by atoms with E-state index in [1.54, 1.807) is 18.0 Å². The van der Waals surface area contributed by atoms with Gasteiger partial charge in [0, 0.05) is 31.6 Å². The fraction of sp³-hybridized carbons (Fsp3) is 0.385. The van der Waals surface area contributed by atoms with Gasteiger partial charge in [0.15, 0.2) is 0 Å². The number of likely N-dealkylation sites (tertiary alicyclic amines) is 1. The van der Waals surface area contributed by atoms with Gasteiger partial charge in [0.2, 0.25) is 5.91 Å². The number of amides is 2. The molecule has 1 aromatic carbocycles. The lowest BCUT2D eigenvalue weighted by atomic mass is 10.1. The van der Waals surface area contributed by atoms with Crippen LogP contribution in [0.15, 0.2) is 24.3 Å². The first-order valence-electron chi connectivity index (χ1n) is 5.86. The molecule has 1 fully saturated rings. The molecular weight excluding hydrogens is 235 g/mol. The van der Waals surface area contributed by atoms with E-state index in [0.29, 0.717) is 24.9 Å². The minimum absolute atomic E-state index is 0.0662. The Morgan fingerprint density at radius 1 is 1.50 bits per heavy atom. The van der Waals surface area contributed by atoms with Crippen molar-refractivity contribution in [1.82, 2.24) is 10.2 Å². The van der Waals surface area contributed by atoms with Gasteiger partial charge in [-0.25, -0.2) is 4.39 Å². The van der Waals surface area contributed by atoms with Crippen LogP contribution >= 0.6 is 0 Å². The van der Waals surface area contributed by atoms with Crippen molar-refractivity contribution in [2.24, 2.45) is 0 Å². The normalized spacial score (nSPS) is 19.8. The topological polar surface area (TPSA) is 49.4 Å². The van der Waals surface area contributed by atoms with Crippen LogP contribution in [0.2, 0.25) is 0 Å². The first-order chi connectivity index (χ1) is 8.56. The van der Waals surface area contributed by atoms with E-state index in [1.165, 1.54) is 18.2 Å². The van der Waals surface area contributed by atoms with Gasteiger partial charge in [-0.15, -0.1) is 0 Å². The second-order valence-corrected chi connectivity index (χ2v) is 4.49.